The number of alkyl halides is 3. The van der Waals surface area contributed by atoms with Crippen molar-refractivity contribution < 1.29 is 18.3 Å². The Morgan fingerprint density at radius 3 is 2.41 bits per heavy atom. The molecule has 0 aliphatic rings. The fourth-order valence-corrected chi connectivity index (χ4v) is 2.37. The highest BCUT2D eigenvalue weighted by atomic mass is 32.1. The molecule has 0 fully saturated rings. The van der Waals surface area contributed by atoms with Crippen molar-refractivity contribution in [1.29, 1.82) is 0 Å². The number of hydrogen-bond acceptors (Lipinski definition) is 3. The molecule has 0 aromatic carbocycles. The average Bonchev–Trinajstić information content (AvgIpc) is 2.81. The third-order valence-corrected chi connectivity index (χ3v) is 3.35. The zero-order chi connectivity index (χ0) is 12.5. The second-order valence-electron chi connectivity index (χ2n) is 3.43. The van der Waals surface area contributed by atoms with Gasteiger partial charge >= 0.3 is 6.18 Å². The molecule has 0 radical (unpaired) electrons. The number of rotatable bonds is 2. The molecule has 0 aliphatic carbocycles. The predicted molar refractivity (Wildman–Crippen MR) is 57.6 cm³/mol. The normalized spacial score (nSPS) is 15.5. The summed E-state index contributed by atoms with van der Waals surface area (Å²) in [5.41, 5.74) is -3.27. The van der Waals surface area contributed by atoms with E-state index in [0.717, 1.165) is 17.5 Å². The van der Waals surface area contributed by atoms with Gasteiger partial charge in [-0.1, -0.05) is 12.1 Å². The van der Waals surface area contributed by atoms with Gasteiger partial charge in [0.25, 0.3) is 0 Å². The minimum atomic E-state index is -4.79. The third-order valence-electron chi connectivity index (χ3n) is 2.37. The van der Waals surface area contributed by atoms with Crippen molar-refractivity contribution in [2.75, 3.05) is 0 Å². The second kappa shape index (κ2) is 4.12. The Morgan fingerprint density at radius 1 is 1.18 bits per heavy atom. The Hall–Kier alpha value is -1.40. The standard InChI is InChI=1S/C11H8F3NOS/c12-11(13,14)10(16,9-4-2-6-17-9)8-3-1-5-15-7-8/h1-7,16H. The van der Waals surface area contributed by atoms with Gasteiger partial charge in [-0.3, -0.25) is 4.98 Å². The molecule has 0 aliphatic heterocycles. The number of nitrogens with zero attached hydrogens (tertiary/aromatic N) is 1. The van der Waals surface area contributed by atoms with Crippen molar-refractivity contribution >= 4 is 11.3 Å². The summed E-state index contributed by atoms with van der Waals surface area (Å²) in [6, 6.07) is 5.29. The van der Waals surface area contributed by atoms with Gasteiger partial charge in [-0.25, -0.2) is 0 Å². The number of halogens is 3. The first kappa shape index (κ1) is 12.1. The summed E-state index contributed by atoms with van der Waals surface area (Å²) < 4.78 is 39.2. The van der Waals surface area contributed by atoms with Crippen molar-refractivity contribution in [3.8, 4) is 0 Å². The van der Waals surface area contributed by atoms with E-state index in [1.807, 2.05) is 0 Å². The van der Waals surface area contributed by atoms with Crippen LogP contribution in [-0.4, -0.2) is 16.3 Å². The van der Waals surface area contributed by atoms with Gasteiger partial charge in [-0.15, -0.1) is 11.3 Å². The van der Waals surface area contributed by atoms with Crippen LogP contribution in [0.5, 0.6) is 0 Å². The Bertz CT molecular complexity index is 483. The predicted octanol–water partition coefficient (Wildman–Crippen LogP) is 2.94. The molecule has 1 atom stereocenters. The number of pyridine rings is 1. The van der Waals surface area contributed by atoms with E-state index in [9.17, 15) is 18.3 Å². The van der Waals surface area contributed by atoms with Crippen LogP contribution >= 0.6 is 11.3 Å². The summed E-state index contributed by atoms with van der Waals surface area (Å²) in [6.45, 7) is 0. The molecule has 0 bridgehead atoms. The van der Waals surface area contributed by atoms with Crippen LogP contribution < -0.4 is 0 Å². The van der Waals surface area contributed by atoms with Crippen molar-refractivity contribution in [3.05, 3.63) is 52.5 Å². The van der Waals surface area contributed by atoms with Crippen molar-refractivity contribution in [1.82, 2.24) is 4.98 Å². The van der Waals surface area contributed by atoms with Gasteiger partial charge < -0.3 is 5.11 Å². The Morgan fingerprint density at radius 2 is 1.94 bits per heavy atom. The molecule has 0 spiro atoms. The minimum Gasteiger partial charge on any atom is -0.372 e. The summed E-state index contributed by atoms with van der Waals surface area (Å²) in [4.78, 5) is 3.45. The second-order valence-corrected chi connectivity index (χ2v) is 4.37. The fourth-order valence-electron chi connectivity index (χ4n) is 1.51. The molecule has 17 heavy (non-hydrogen) atoms. The highest BCUT2D eigenvalue weighted by Gasteiger charge is 2.57. The molecule has 2 heterocycles. The Balaban J connectivity index is 2.61. The van der Waals surface area contributed by atoms with Gasteiger partial charge in [-0.05, 0) is 17.5 Å². The van der Waals surface area contributed by atoms with Crippen LogP contribution in [0, 0.1) is 0 Å². The molecule has 2 aromatic rings. The lowest BCUT2D eigenvalue weighted by Gasteiger charge is -2.29. The van der Waals surface area contributed by atoms with E-state index in [4.69, 9.17) is 0 Å². The molecule has 2 aromatic heterocycles. The molecule has 1 unspecified atom stereocenters. The topological polar surface area (TPSA) is 33.1 Å². The van der Waals surface area contributed by atoms with Crippen molar-refractivity contribution in [2.45, 2.75) is 11.8 Å². The number of aromatic nitrogens is 1. The largest absolute Gasteiger partial charge is 0.426 e. The van der Waals surface area contributed by atoms with Crippen LogP contribution in [0.3, 0.4) is 0 Å². The minimum absolute atomic E-state index is 0.169. The number of aliphatic hydroxyl groups is 1. The Kier molecular flexibility index (Phi) is 2.92. The quantitative estimate of drug-likeness (QED) is 0.899. The van der Waals surface area contributed by atoms with Crippen LogP contribution in [0.2, 0.25) is 0 Å². The first-order valence-electron chi connectivity index (χ1n) is 4.70. The van der Waals surface area contributed by atoms with Crippen LogP contribution in [-0.2, 0) is 5.60 Å². The van der Waals surface area contributed by atoms with Crippen LogP contribution in [0.15, 0.2) is 42.0 Å². The van der Waals surface area contributed by atoms with Gasteiger partial charge in [0.1, 0.15) is 0 Å². The lowest BCUT2D eigenvalue weighted by atomic mass is 9.93. The summed E-state index contributed by atoms with van der Waals surface area (Å²) in [5.74, 6) is 0. The lowest BCUT2D eigenvalue weighted by Crippen LogP contribution is -2.42. The Labute approximate surface area is 99.4 Å². The maximum Gasteiger partial charge on any atom is 0.426 e. The van der Waals surface area contributed by atoms with E-state index >= 15 is 0 Å². The van der Waals surface area contributed by atoms with E-state index in [0.29, 0.717) is 0 Å². The van der Waals surface area contributed by atoms with Gasteiger partial charge in [-0.2, -0.15) is 13.2 Å². The van der Waals surface area contributed by atoms with Crippen LogP contribution in [0.1, 0.15) is 10.4 Å². The first-order valence-corrected chi connectivity index (χ1v) is 5.58. The smallest absolute Gasteiger partial charge is 0.372 e. The lowest BCUT2D eigenvalue weighted by molar-refractivity contribution is -0.247. The maximum atomic E-state index is 13.1. The molecular weight excluding hydrogens is 251 g/mol. The molecule has 0 saturated carbocycles. The molecular formula is C11H8F3NOS. The maximum absolute atomic E-state index is 13.1. The summed E-state index contributed by atoms with van der Waals surface area (Å²) in [7, 11) is 0. The van der Waals surface area contributed by atoms with Gasteiger partial charge in [0, 0.05) is 22.8 Å². The highest BCUT2D eigenvalue weighted by molar-refractivity contribution is 7.10. The third kappa shape index (κ3) is 1.94. The van der Waals surface area contributed by atoms with E-state index in [-0.39, 0.29) is 10.4 Å². The molecule has 0 amide bonds. The van der Waals surface area contributed by atoms with E-state index in [2.05, 4.69) is 4.98 Å². The first-order chi connectivity index (χ1) is 7.96. The van der Waals surface area contributed by atoms with E-state index < -0.39 is 11.8 Å². The van der Waals surface area contributed by atoms with Gasteiger partial charge in [0.05, 0.1) is 0 Å². The van der Waals surface area contributed by atoms with Crippen LogP contribution in [0.4, 0.5) is 13.2 Å². The number of hydrogen-bond donors (Lipinski definition) is 1. The van der Waals surface area contributed by atoms with Gasteiger partial charge in [0.15, 0.2) is 0 Å². The molecule has 6 heteroatoms. The van der Waals surface area contributed by atoms with E-state index in [1.165, 1.54) is 35.8 Å². The zero-order valence-corrected chi connectivity index (χ0v) is 9.29. The molecule has 2 rings (SSSR count). The summed E-state index contributed by atoms with van der Waals surface area (Å²) in [6.07, 6.45) is -2.41. The SMILES string of the molecule is OC(c1cccnc1)(c1cccs1)C(F)(F)F. The summed E-state index contributed by atoms with van der Waals surface area (Å²) >= 11 is 0.854. The highest BCUT2D eigenvalue weighted by Crippen LogP contribution is 2.45. The monoisotopic (exact) mass is 259 g/mol. The molecule has 90 valence electrons. The fraction of sp³-hybridized carbons (Fsp3) is 0.182. The van der Waals surface area contributed by atoms with Gasteiger partial charge in [0.2, 0.25) is 5.60 Å². The average molecular weight is 259 g/mol. The zero-order valence-electron chi connectivity index (χ0n) is 8.48. The molecule has 1 N–H and O–H groups in total. The number of thiophene rings is 1. The van der Waals surface area contributed by atoms with Crippen molar-refractivity contribution in [3.63, 3.8) is 0 Å². The van der Waals surface area contributed by atoms with Crippen LogP contribution in [0.25, 0.3) is 0 Å². The molecule has 0 saturated heterocycles. The van der Waals surface area contributed by atoms with Crippen molar-refractivity contribution in [2.24, 2.45) is 0 Å². The summed E-state index contributed by atoms with van der Waals surface area (Å²) in [5, 5.41) is 11.5. The van der Waals surface area contributed by atoms with E-state index in [1.54, 1.807) is 0 Å². The molecule has 2 nitrogen and oxygen atoms in total.